The molecule has 0 saturated heterocycles. The quantitative estimate of drug-likeness (QED) is 0.875. The molecule has 1 aromatic rings. The molecule has 3 heteroatoms. The van der Waals surface area contributed by atoms with Crippen molar-refractivity contribution in [2.45, 2.75) is 39.7 Å². The Morgan fingerprint density at radius 1 is 1.35 bits per heavy atom. The van der Waals surface area contributed by atoms with Gasteiger partial charge < -0.3 is 9.84 Å². The summed E-state index contributed by atoms with van der Waals surface area (Å²) in [6, 6.07) is 5.33. The van der Waals surface area contributed by atoms with Crippen LogP contribution in [0.15, 0.2) is 18.2 Å². The van der Waals surface area contributed by atoms with E-state index in [0.29, 0.717) is 17.2 Å². The van der Waals surface area contributed by atoms with Crippen molar-refractivity contribution >= 4 is 11.6 Å². The van der Waals surface area contributed by atoms with Crippen molar-refractivity contribution in [3.63, 3.8) is 0 Å². The molecule has 0 spiro atoms. The molecule has 0 amide bonds. The number of methoxy groups -OCH3 is 1. The first-order valence-corrected chi connectivity index (χ1v) is 6.23. The Balaban J connectivity index is 2.80. The molecule has 17 heavy (non-hydrogen) atoms. The maximum absolute atomic E-state index is 10.2. The Morgan fingerprint density at radius 3 is 2.53 bits per heavy atom. The maximum Gasteiger partial charge on any atom is 0.124 e. The molecule has 0 heterocycles. The third kappa shape index (κ3) is 4.57. The summed E-state index contributed by atoms with van der Waals surface area (Å²) in [6.45, 7) is 6.48. The minimum atomic E-state index is -0.525. The molecular formula is C14H21ClO2. The molecule has 1 atom stereocenters. The number of rotatable bonds is 4. The van der Waals surface area contributed by atoms with Crippen LogP contribution in [0.5, 0.6) is 5.75 Å². The molecule has 1 rings (SSSR count). The normalized spacial score (nSPS) is 13.5. The van der Waals surface area contributed by atoms with Crippen LogP contribution in [0.2, 0.25) is 5.02 Å². The third-order valence-electron chi connectivity index (χ3n) is 2.72. The lowest BCUT2D eigenvalue weighted by Crippen LogP contribution is -2.09. The molecule has 0 bridgehead atoms. The predicted molar refractivity (Wildman–Crippen MR) is 71.7 cm³/mol. The van der Waals surface area contributed by atoms with Crippen LogP contribution in [0.3, 0.4) is 0 Å². The Morgan fingerprint density at radius 2 is 2.00 bits per heavy atom. The van der Waals surface area contributed by atoms with E-state index in [2.05, 4.69) is 20.8 Å². The fourth-order valence-electron chi connectivity index (χ4n) is 1.69. The van der Waals surface area contributed by atoms with Crippen LogP contribution in [0.1, 0.15) is 45.3 Å². The van der Waals surface area contributed by atoms with E-state index >= 15 is 0 Å². The highest BCUT2D eigenvalue weighted by Crippen LogP contribution is 2.33. The molecular weight excluding hydrogens is 236 g/mol. The minimum absolute atomic E-state index is 0.215. The van der Waals surface area contributed by atoms with E-state index in [4.69, 9.17) is 16.3 Å². The van der Waals surface area contributed by atoms with Crippen molar-refractivity contribution in [1.82, 2.24) is 0 Å². The van der Waals surface area contributed by atoms with Gasteiger partial charge in [0.05, 0.1) is 13.2 Å². The van der Waals surface area contributed by atoms with E-state index < -0.39 is 6.10 Å². The van der Waals surface area contributed by atoms with Gasteiger partial charge in [0.2, 0.25) is 0 Å². The van der Waals surface area contributed by atoms with Gasteiger partial charge in [0.15, 0.2) is 0 Å². The van der Waals surface area contributed by atoms with E-state index in [0.717, 1.165) is 12.0 Å². The minimum Gasteiger partial charge on any atom is -0.496 e. The predicted octanol–water partition coefficient (Wildman–Crippen LogP) is 4.21. The molecule has 0 aliphatic rings. The molecule has 1 N–H and O–H groups in total. The summed E-state index contributed by atoms with van der Waals surface area (Å²) < 4.78 is 5.23. The van der Waals surface area contributed by atoms with Crippen LogP contribution in [-0.2, 0) is 0 Å². The zero-order valence-corrected chi connectivity index (χ0v) is 11.7. The number of aliphatic hydroxyl groups is 1. The van der Waals surface area contributed by atoms with Crippen molar-refractivity contribution in [2.75, 3.05) is 7.11 Å². The van der Waals surface area contributed by atoms with E-state index in [1.165, 1.54) is 0 Å². The lowest BCUT2D eigenvalue weighted by atomic mass is 9.88. The highest BCUT2D eigenvalue weighted by atomic mass is 35.5. The molecule has 2 nitrogen and oxygen atoms in total. The van der Waals surface area contributed by atoms with Crippen molar-refractivity contribution < 1.29 is 9.84 Å². The van der Waals surface area contributed by atoms with Gasteiger partial charge in [-0.2, -0.15) is 0 Å². The first-order chi connectivity index (χ1) is 7.83. The van der Waals surface area contributed by atoms with Gasteiger partial charge in [-0.3, -0.25) is 0 Å². The Hall–Kier alpha value is -0.730. The summed E-state index contributed by atoms with van der Waals surface area (Å²) in [6.07, 6.45) is 1.13. The lowest BCUT2D eigenvalue weighted by Gasteiger charge is -2.21. The highest BCUT2D eigenvalue weighted by Gasteiger charge is 2.17. The molecule has 0 aliphatic carbocycles. The van der Waals surface area contributed by atoms with Gasteiger partial charge >= 0.3 is 0 Å². The van der Waals surface area contributed by atoms with Crippen molar-refractivity contribution in [2.24, 2.45) is 5.41 Å². The van der Waals surface area contributed by atoms with Crippen LogP contribution < -0.4 is 4.74 Å². The monoisotopic (exact) mass is 256 g/mol. The van der Waals surface area contributed by atoms with Crippen LogP contribution in [0.25, 0.3) is 0 Å². The smallest absolute Gasteiger partial charge is 0.124 e. The van der Waals surface area contributed by atoms with Gasteiger partial charge in [-0.15, -0.1) is 0 Å². The van der Waals surface area contributed by atoms with Crippen LogP contribution in [0.4, 0.5) is 0 Å². The van der Waals surface area contributed by atoms with E-state index in [9.17, 15) is 5.11 Å². The molecule has 0 saturated carbocycles. The van der Waals surface area contributed by atoms with Gasteiger partial charge in [-0.1, -0.05) is 32.4 Å². The average molecular weight is 257 g/mol. The maximum atomic E-state index is 10.2. The zero-order valence-electron chi connectivity index (χ0n) is 11.0. The SMILES string of the molecule is COc1ccc(Cl)cc1C(O)CCC(C)(C)C. The van der Waals surface area contributed by atoms with Crippen molar-refractivity contribution in [1.29, 1.82) is 0 Å². The molecule has 1 aromatic carbocycles. The van der Waals surface area contributed by atoms with Crippen LogP contribution in [-0.4, -0.2) is 12.2 Å². The topological polar surface area (TPSA) is 29.5 Å². The number of hydrogen-bond donors (Lipinski definition) is 1. The van der Waals surface area contributed by atoms with Gasteiger partial charge in [0, 0.05) is 10.6 Å². The first-order valence-electron chi connectivity index (χ1n) is 5.85. The number of benzene rings is 1. The molecule has 1 unspecified atom stereocenters. The molecule has 0 fully saturated rings. The number of halogens is 1. The van der Waals surface area contributed by atoms with Gasteiger partial charge in [-0.25, -0.2) is 0 Å². The fourth-order valence-corrected chi connectivity index (χ4v) is 1.87. The summed E-state index contributed by atoms with van der Waals surface area (Å²) in [5.41, 5.74) is 0.983. The number of ether oxygens (including phenoxy) is 1. The van der Waals surface area contributed by atoms with Gasteiger partial charge in [-0.05, 0) is 36.5 Å². The molecule has 0 aliphatic heterocycles. The van der Waals surface area contributed by atoms with E-state index in [-0.39, 0.29) is 5.41 Å². The summed E-state index contributed by atoms with van der Waals surface area (Å²) in [4.78, 5) is 0. The summed E-state index contributed by atoms with van der Waals surface area (Å²) in [5, 5.41) is 10.8. The summed E-state index contributed by atoms with van der Waals surface area (Å²) in [5.74, 6) is 0.691. The summed E-state index contributed by atoms with van der Waals surface area (Å²) in [7, 11) is 1.60. The Labute approximate surface area is 109 Å². The number of aliphatic hydroxyl groups excluding tert-OH is 1. The largest absolute Gasteiger partial charge is 0.496 e. The van der Waals surface area contributed by atoms with E-state index in [1.54, 1.807) is 25.3 Å². The van der Waals surface area contributed by atoms with Gasteiger partial charge in [0.25, 0.3) is 0 Å². The average Bonchev–Trinajstić information content (AvgIpc) is 2.25. The highest BCUT2D eigenvalue weighted by molar-refractivity contribution is 6.30. The van der Waals surface area contributed by atoms with E-state index in [1.807, 2.05) is 0 Å². The fraction of sp³-hybridized carbons (Fsp3) is 0.571. The van der Waals surface area contributed by atoms with Crippen LogP contribution in [0, 0.1) is 5.41 Å². The van der Waals surface area contributed by atoms with Crippen molar-refractivity contribution in [3.8, 4) is 5.75 Å². The molecule has 96 valence electrons. The second-order valence-corrected chi connectivity index (χ2v) is 5.94. The molecule has 0 radical (unpaired) electrons. The lowest BCUT2D eigenvalue weighted by molar-refractivity contribution is 0.144. The second-order valence-electron chi connectivity index (χ2n) is 5.50. The zero-order chi connectivity index (χ0) is 13.1. The molecule has 0 aromatic heterocycles. The standard InChI is InChI=1S/C14H21ClO2/c1-14(2,3)8-7-12(16)11-9-10(15)5-6-13(11)17-4/h5-6,9,12,16H,7-8H2,1-4H3. The van der Waals surface area contributed by atoms with Crippen LogP contribution >= 0.6 is 11.6 Å². The first kappa shape index (κ1) is 14.3. The Kier molecular flexibility index (Phi) is 4.84. The van der Waals surface area contributed by atoms with Crippen molar-refractivity contribution in [3.05, 3.63) is 28.8 Å². The van der Waals surface area contributed by atoms with Gasteiger partial charge in [0.1, 0.15) is 5.75 Å². The third-order valence-corrected chi connectivity index (χ3v) is 2.95. The second kappa shape index (κ2) is 5.74. The number of hydrogen-bond acceptors (Lipinski definition) is 2. The summed E-state index contributed by atoms with van der Waals surface area (Å²) >= 11 is 5.94. The Bertz CT molecular complexity index is 369.